The zero-order valence-electron chi connectivity index (χ0n) is 12.5. The van der Waals surface area contributed by atoms with Gasteiger partial charge in [-0.15, -0.1) is 0 Å². The van der Waals surface area contributed by atoms with Gasteiger partial charge < -0.3 is 15.0 Å². The van der Waals surface area contributed by atoms with Gasteiger partial charge in [-0.3, -0.25) is 0 Å². The molecule has 1 saturated heterocycles. The fourth-order valence-corrected chi connectivity index (χ4v) is 3.45. The summed E-state index contributed by atoms with van der Waals surface area (Å²) in [6, 6.07) is 8.69. The molecule has 110 valence electrons. The minimum atomic E-state index is 0.456. The van der Waals surface area contributed by atoms with E-state index in [9.17, 15) is 0 Å². The Bertz CT molecular complexity index is 429. The van der Waals surface area contributed by atoms with Gasteiger partial charge in [0, 0.05) is 31.9 Å². The number of rotatable bonds is 4. The largest absolute Gasteiger partial charge is 0.384 e. The van der Waals surface area contributed by atoms with E-state index in [1.165, 1.54) is 36.9 Å². The molecule has 1 aromatic rings. The van der Waals surface area contributed by atoms with Crippen LogP contribution in [0.2, 0.25) is 0 Å². The van der Waals surface area contributed by atoms with Crippen molar-refractivity contribution < 1.29 is 4.74 Å². The predicted octanol–water partition coefficient (Wildman–Crippen LogP) is 2.77. The van der Waals surface area contributed by atoms with Crippen molar-refractivity contribution in [3.63, 3.8) is 0 Å². The lowest BCUT2D eigenvalue weighted by atomic mass is 9.93. The molecule has 0 aromatic heterocycles. The van der Waals surface area contributed by atoms with Gasteiger partial charge in [-0.05, 0) is 50.3 Å². The van der Waals surface area contributed by atoms with Crippen LogP contribution in [0, 0.1) is 5.92 Å². The second-order valence-electron chi connectivity index (χ2n) is 6.32. The van der Waals surface area contributed by atoms with Crippen LogP contribution < -0.4 is 5.32 Å². The number of hydrogen-bond acceptors (Lipinski definition) is 3. The van der Waals surface area contributed by atoms with E-state index in [0.717, 1.165) is 26.2 Å². The number of benzene rings is 1. The quantitative estimate of drug-likeness (QED) is 0.913. The van der Waals surface area contributed by atoms with Gasteiger partial charge in [-0.1, -0.05) is 18.2 Å². The molecule has 0 radical (unpaired) electrons. The molecule has 0 aliphatic carbocycles. The topological polar surface area (TPSA) is 24.5 Å². The van der Waals surface area contributed by atoms with E-state index in [1.807, 2.05) is 0 Å². The number of fused-ring (bicyclic) bond motifs is 1. The Labute approximate surface area is 122 Å². The molecule has 0 amide bonds. The Morgan fingerprint density at radius 3 is 3.00 bits per heavy atom. The highest BCUT2D eigenvalue weighted by atomic mass is 16.5. The van der Waals surface area contributed by atoms with Crippen molar-refractivity contribution in [2.45, 2.75) is 31.8 Å². The zero-order chi connectivity index (χ0) is 13.8. The van der Waals surface area contributed by atoms with Crippen LogP contribution in [0.15, 0.2) is 24.3 Å². The van der Waals surface area contributed by atoms with Crippen molar-refractivity contribution in [1.82, 2.24) is 4.90 Å². The highest BCUT2D eigenvalue weighted by molar-refractivity contribution is 5.53. The molecule has 2 aliphatic rings. The second kappa shape index (κ2) is 6.59. The lowest BCUT2D eigenvalue weighted by molar-refractivity contribution is -0.00327. The summed E-state index contributed by atoms with van der Waals surface area (Å²) in [5.74, 6) is 0.707. The van der Waals surface area contributed by atoms with E-state index in [2.05, 4.69) is 41.5 Å². The first kappa shape index (κ1) is 13.9. The normalized spacial score (nSPS) is 26.1. The standard InChI is InChI=1S/C17H26N2O/c1-19(13-16-7-4-5-9-20-16)12-14-10-15-6-2-3-8-17(15)18-11-14/h2-3,6,8,14,16,18H,4-5,7,9-13H2,1H3. The summed E-state index contributed by atoms with van der Waals surface area (Å²) in [5, 5.41) is 3.56. The van der Waals surface area contributed by atoms with Crippen molar-refractivity contribution in [2.24, 2.45) is 5.92 Å². The first-order valence-electron chi connectivity index (χ1n) is 7.93. The molecule has 2 aliphatic heterocycles. The molecule has 2 heterocycles. The van der Waals surface area contributed by atoms with Crippen molar-refractivity contribution in [3.05, 3.63) is 29.8 Å². The molecule has 1 N–H and O–H groups in total. The van der Waals surface area contributed by atoms with Gasteiger partial charge in [-0.2, -0.15) is 0 Å². The van der Waals surface area contributed by atoms with Crippen LogP contribution in [0.25, 0.3) is 0 Å². The van der Waals surface area contributed by atoms with Crippen LogP contribution in [0.4, 0.5) is 5.69 Å². The zero-order valence-corrected chi connectivity index (χ0v) is 12.5. The van der Waals surface area contributed by atoms with E-state index < -0.39 is 0 Å². The van der Waals surface area contributed by atoms with Crippen LogP contribution in [0.3, 0.4) is 0 Å². The summed E-state index contributed by atoms with van der Waals surface area (Å²) in [6.07, 6.45) is 5.45. The van der Waals surface area contributed by atoms with Crippen molar-refractivity contribution in [1.29, 1.82) is 0 Å². The van der Waals surface area contributed by atoms with E-state index >= 15 is 0 Å². The van der Waals surface area contributed by atoms with Crippen LogP contribution in [-0.2, 0) is 11.2 Å². The van der Waals surface area contributed by atoms with Gasteiger partial charge in [-0.25, -0.2) is 0 Å². The lowest BCUT2D eigenvalue weighted by Gasteiger charge is -2.32. The Morgan fingerprint density at radius 2 is 2.15 bits per heavy atom. The minimum Gasteiger partial charge on any atom is -0.384 e. The summed E-state index contributed by atoms with van der Waals surface area (Å²) in [7, 11) is 2.23. The number of likely N-dealkylation sites (N-methyl/N-ethyl adjacent to an activating group) is 1. The average molecular weight is 274 g/mol. The first-order valence-corrected chi connectivity index (χ1v) is 7.93. The fraction of sp³-hybridized carbons (Fsp3) is 0.647. The number of nitrogens with zero attached hydrogens (tertiary/aromatic N) is 1. The third-order valence-electron chi connectivity index (χ3n) is 4.47. The maximum atomic E-state index is 5.84. The number of hydrogen-bond donors (Lipinski definition) is 1. The Kier molecular flexibility index (Phi) is 4.58. The summed E-state index contributed by atoms with van der Waals surface area (Å²) >= 11 is 0. The summed E-state index contributed by atoms with van der Waals surface area (Å²) < 4.78 is 5.84. The third-order valence-corrected chi connectivity index (χ3v) is 4.47. The summed E-state index contributed by atoms with van der Waals surface area (Å²) in [5.41, 5.74) is 2.79. The van der Waals surface area contributed by atoms with Crippen LogP contribution in [0.5, 0.6) is 0 Å². The third kappa shape index (κ3) is 3.53. The van der Waals surface area contributed by atoms with E-state index in [-0.39, 0.29) is 0 Å². The summed E-state index contributed by atoms with van der Waals surface area (Å²) in [6.45, 7) is 4.28. The van der Waals surface area contributed by atoms with Gasteiger partial charge in [0.15, 0.2) is 0 Å². The highest BCUT2D eigenvalue weighted by Crippen LogP contribution is 2.24. The maximum Gasteiger partial charge on any atom is 0.0701 e. The molecule has 0 spiro atoms. The predicted molar refractivity (Wildman–Crippen MR) is 83.2 cm³/mol. The number of para-hydroxylation sites is 1. The van der Waals surface area contributed by atoms with Crippen molar-refractivity contribution >= 4 is 5.69 Å². The molecule has 2 atom stereocenters. The average Bonchev–Trinajstić information content (AvgIpc) is 2.48. The Balaban J connectivity index is 1.48. The molecule has 0 bridgehead atoms. The van der Waals surface area contributed by atoms with E-state index in [4.69, 9.17) is 4.74 Å². The van der Waals surface area contributed by atoms with E-state index in [1.54, 1.807) is 0 Å². The van der Waals surface area contributed by atoms with Crippen molar-refractivity contribution in [2.75, 3.05) is 38.6 Å². The van der Waals surface area contributed by atoms with Gasteiger partial charge in [0.25, 0.3) is 0 Å². The SMILES string of the molecule is CN(CC1CNc2ccccc2C1)CC1CCCCO1. The number of ether oxygens (including phenoxy) is 1. The Hall–Kier alpha value is -1.06. The first-order chi connectivity index (χ1) is 9.81. The monoisotopic (exact) mass is 274 g/mol. The van der Waals surface area contributed by atoms with Gasteiger partial charge in [0.1, 0.15) is 0 Å². The maximum absolute atomic E-state index is 5.84. The minimum absolute atomic E-state index is 0.456. The summed E-state index contributed by atoms with van der Waals surface area (Å²) in [4.78, 5) is 2.45. The molecular weight excluding hydrogens is 248 g/mol. The van der Waals surface area contributed by atoms with Gasteiger partial charge in [0.05, 0.1) is 6.10 Å². The molecule has 0 saturated carbocycles. The molecule has 1 aromatic carbocycles. The smallest absolute Gasteiger partial charge is 0.0701 e. The van der Waals surface area contributed by atoms with Crippen molar-refractivity contribution in [3.8, 4) is 0 Å². The molecule has 3 rings (SSSR count). The molecule has 3 heteroatoms. The molecular formula is C17H26N2O. The molecule has 1 fully saturated rings. The van der Waals surface area contributed by atoms with E-state index in [0.29, 0.717) is 12.0 Å². The Morgan fingerprint density at radius 1 is 1.25 bits per heavy atom. The highest BCUT2D eigenvalue weighted by Gasteiger charge is 2.21. The number of nitrogens with one attached hydrogen (secondary N) is 1. The van der Waals surface area contributed by atoms with Crippen LogP contribution in [-0.4, -0.2) is 44.3 Å². The van der Waals surface area contributed by atoms with Gasteiger partial charge in [0.2, 0.25) is 0 Å². The molecule has 2 unspecified atom stereocenters. The number of anilines is 1. The molecule has 3 nitrogen and oxygen atoms in total. The lowest BCUT2D eigenvalue weighted by Crippen LogP contribution is -2.39. The van der Waals surface area contributed by atoms with Gasteiger partial charge >= 0.3 is 0 Å². The van der Waals surface area contributed by atoms with Crippen LogP contribution >= 0.6 is 0 Å². The van der Waals surface area contributed by atoms with Crippen LogP contribution in [0.1, 0.15) is 24.8 Å². The second-order valence-corrected chi connectivity index (χ2v) is 6.32. The fourth-order valence-electron chi connectivity index (χ4n) is 3.45. The molecule has 20 heavy (non-hydrogen) atoms.